The smallest absolute Gasteiger partial charge is 0.132 e. The summed E-state index contributed by atoms with van der Waals surface area (Å²) in [5.41, 5.74) is 6.53. The van der Waals surface area contributed by atoms with Crippen LogP contribution < -0.4 is 5.73 Å². The zero-order chi connectivity index (χ0) is 9.84. The van der Waals surface area contributed by atoms with Gasteiger partial charge in [-0.1, -0.05) is 0 Å². The van der Waals surface area contributed by atoms with Crippen LogP contribution >= 0.6 is 15.9 Å². The van der Waals surface area contributed by atoms with Gasteiger partial charge in [0.15, 0.2) is 0 Å². The normalized spacial score (nSPS) is 10.0. The van der Waals surface area contributed by atoms with E-state index in [2.05, 4.69) is 20.9 Å². The first-order chi connectivity index (χ1) is 6.15. The van der Waals surface area contributed by atoms with Gasteiger partial charge in [-0.2, -0.15) is 0 Å². The van der Waals surface area contributed by atoms with Crippen molar-refractivity contribution in [3.63, 3.8) is 0 Å². The quantitative estimate of drug-likeness (QED) is 0.790. The summed E-state index contributed by atoms with van der Waals surface area (Å²) < 4.78 is 5.63. The standard InChI is InChI=1S/C8H10BrN3O/c1-13-4-7(10)6-2-5(9)3-12-8(6)11/h2-3,10H,4H2,1H3,(H2,11,12). The van der Waals surface area contributed by atoms with Crippen molar-refractivity contribution in [1.29, 1.82) is 5.41 Å². The maximum Gasteiger partial charge on any atom is 0.132 e. The van der Waals surface area contributed by atoms with Crippen LogP contribution in [0.25, 0.3) is 0 Å². The molecule has 1 rings (SSSR count). The molecule has 0 aromatic carbocycles. The van der Waals surface area contributed by atoms with Crippen molar-refractivity contribution in [2.75, 3.05) is 19.5 Å². The number of aromatic nitrogens is 1. The van der Waals surface area contributed by atoms with Crippen molar-refractivity contribution < 1.29 is 4.74 Å². The minimum Gasteiger partial charge on any atom is -0.383 e. The van der Waals surface area contributed by atoms with E-state index in [0.29, 0.717) is 17.1 Å². The Morgan fingerprint density at radius 3 is 3.08 bits per heavy atom. The summed E-state index contributed by atoms with van der Waals surface area (Å²) in [7, 11) is 1.54. The highest BCUT2D eigenvalue weighted by atomic mass is 79.9. The largest absolute Gasteiger partial charge is 0.383 e. The van der Waals surface area contributed by atoms with Crippen molar-refractivity contribution in [2.24, 2.45) is 0 Å². The van der Waals surface area contributed by atoms with Gasteiger partial charge in [-0.3, -0.25) is 0 Å². The number of halogens is 1. The van der Waals surface area contributed by atoms with E-state index < -0.39 is 0 Å². The Kier molecular flexibility index (Phi) is 3.39. The van der Waals surface area contributed by atoms with E-state index in [0.717, 1.165) is 4.47 Å². The maximum atomic E-state index is 7.60. The van der Waals surface area contributed by atoms with Crippen molar-refractivity contribution in [1.82, 2.24) is 4.98 Å². The van der Waals surface area contributed by atoms with Crippen LogP contribution in [0.5, 0.6) is 0 Å². The number of nitrogens with one attached hydrogen (secondary N) is 1. The number of hydrogen-bond donors (Lipinski definition) is 2. The highest BCUT2D eigenvalue weighted by Crippen LogP contribution is 2.15. The first-order valence-electron chi connectivity index (χ1n) is 3.63. The molecule has 0 aliphatic heterocycles. The number of methoxy groups -OCH3 is 1. The molecule has 0 radical (unpaired) electrons. The number of hydrogen-bond acceptors (Lipinski definition) is 4. The third kappa shape index (κ3) is 2.50. The number of rotatable bonds is 3. The topological polar surface area (TPSA) is 72.0 Å². The second kappa shape index (κ2) is 4.34. The Bertz CT molecular complexity index is 327. The Morgan fingerprint density at radius 1 is 1.77 bits per heavy atom. The van der Waals surface area contributed by atoms with Crippen LogP contribution in [0.2, 0.25) is 0 Å². The lowest BCUT2D eigenvalue weighted by atomic mass is 10.1. The molecule has 0 amide bonds. The molecule has 13 heavy (non-hydrogen) atoms. The fraction of sp³-hybridized carbons (Fsp3) is 0.250. The molecule has 0 fully saturated rings. The van der Waals surface area contributed by atoms with Gasteiger partial charge < -0.3 is 15.9 Å². The Balaban J connectivity index is 2.99. The summed E-state index contributed by atoms with van der Waals surface area (Å²) in [5, 5.41) is 7.60. The number of nitrogen functional groups attached to an aromatic ring is 1. The van der Waals surface area contributed by atoms with Gasteiger partial charge >= 0.3 is 0 Å². The van der Waals surface area contributed by atoms with E-state index >= 15 is 0 Å². The van der Waals surface area contributed by atoms with Crippen LogP contribution in [-0.4, -0.2) is 24.4 Å². The van der Waals surface area contributed by atoms with Crippen molar-refractivity contribution in [2.45, 2.75) is 0 Å². The molecular formula is C8H10BrN3O. The van der Waals surface area contributed by atoms with E-state index in [1.54, 1.807) is 12.3 Å². The SMILES string of the molecule is COCC(=N)c1cc(Br)cnc1N. The predicted octanol–water partition coefficient (Wildman–Crippen LogP) is 1.44. The van der Waals surface area contributed by atoms with Crippen LogP contribution in [0.15, 0.2) is 16.7 Å². The molecule has 0 atom stereocenters. The first-order valence-corrected chi connectivity index (χ1v) is 4.42. The van der Waals surface area contributed by atoms with Crippen molar-refractivity contribution >= 4 is 27.5 Å². The molecule has 0 saturated carbocycles. The molecule has 1 heterocycles. The molecule has 0 aliphatic rings. The van der Waals surface area contributed by atoms with Crippen LogP contribution in [-0.2, 0) is 4.74 Å². The molecule has 3 N–H and O–H groups in total. The van der Waals surface area contributed by atoms with E-state index in [1.165, 1.54) is 7.11 Å². The third-order valence-corrected chi connectivity index (χ3v) is 1.93. The molecule has 0 bridgehead atoms. The summed E-state index contributed by atoms with van der Waals surface area (Å²) in [6, 6.07) is 1.75. The van der Waals surface area contributed by atoms with E-state index in [-0.39, 0.29) is 6.61 Å². The summed E-state index contributed by atoms with van der Waals surface area (Å²) in [5.74, 6) is 0.352. The molecule has 70 valence electrons. The minimum absolute atomic E-state index is 0.238. The highest BCUT2D eigenvalue weighted by molar-refractivity contribution is 9.10. The zero-order valence-electron chi connectivity index (χ0n) is 7.17. The Labute approximate surface area is 84.8 Å². The average molecular weight is 244 g/mol. The van der Waals surface area contributed by atoms with E-state index in [9.17, 15) is 0 Å². The number of anilines is 1. The molecule has 0 aliphatic carbocycles. The fourth-order valence-electron chi connectivity index (χ4n) is 0.914. The second-order valence-electron chi connectivity index (χ2n) is 2.50. The summed E-state index contributed by atoms with van der Waals surface area (Å²) in [6.45, 7) is 0.238. The molecule has 1 aromatic rings. The van der Waals surface area contributed by atoms with E-state index in [4.69, 9.17) is 15.9 Å². The molecule has 4 nitrogen and oxygen atoms in total. The number of nitrogens with two attached hydrogens (primary N) is 1. The molecule has 0 saturated heterocycles. The summed E-state index contributed by atoms with van der Waals surface area (Å²) >= 11 is 3.26. The van der Waals surface area contributed by atoms with Gasteiger partial charge in [-0.05, 0) is 22.0 Å². The van der Waals surface area contributed by atoms with Crippen molar-refractivity contribution in [3.8, 4) is 0 Å². The fourth-order valence-corrected chi connectivity index (χ4v) is 1.24. The van der Waals surface area contributed by atoms with Gasteiger partial charge in [-0.15, -0.1) is 0 Å². The van der Waals surface area contributed by atoms with Gasteiger partial charge in [0.05, 0.1) is 12.3 Å². The first kappa shape index (κ1) is 10.1. The van der Waals surface area contributed by atoms with Crippen LogP contribution in [0.4, 0.5) is 5.82 Å². The molecular weight excluding hydrogens is 234 g/mol. The second-order valence-corrected chi connectivity index (χ2v) is 3.41. The number of pyridine rings is 1. The molecule has 1 aromatic heterocycles. The maximum absolute atomic E-state index is 7.60. The van der Waals surface area contributed by atoms with Crippen LogP contribution in [0, 0.1) is 5.41 Å². The van der Waals surface area contributed by atoms with Crippen LogP contribution in [0.1, 0.15) is 5.56 Å². The number of nitrogens with zero attached hydrogens (tertiary/aromatic N) is 1. The number of ether oxygens (including phenoxy) is 1. The van der Waals surface area contributed by atoms with Gasteiger partial charge in [-0.25, -0.2) is 4.98 Å². The Hall–Kier alpha value is -0.940. The molecule has 0 spiro atoms. The van der Waals surface area contributed by atoms with Crippen LogP contribution in [0.3, 0.4) is 0 Å². The Morgan fingerprint density at radius 2 is 2.46 bits per heavy atom. The monoisotopic (exact) mass is 243 g/mol. The minimum atomic E-state index is 0.238. The van der Waals surface area contributed by atoms with E-state index in [1.807, 2.05) is 0 Å². The summed E-state index contributed by atoms with van der Waals surface area (Å²) in [6.07, 6.45) is 1.60. The van der Waals surface area contributed by atoms with Gasteiger partial charge in [0.1, 0.15) is 5.82 Å². The van der Waals surface area contributed by atoms with Gasteiger partial charge in [0, 0.05) is 23.3 Å². The zero-order valence-corrected chi connectivity index (χ0v) is 8.76. The summed E-state index contributed by atoms with van der Waals surface area (Å²) in [4.78, 5) is 3.92. The van der Waals surface area contributed by atoms with Crippen molar-refractivity contribution in [3.05, 3.63) is 22.3 Å². The molecule has 5 heteroatoms. The predicted molar refractivity (Wildman–Crippen MR) is 55.1 cm³/mol. The third-order valence-electron chi connectivity index (χ3n) is 1.50. The lowest BCUT2D eigenvalue weighted by molar-refractivity contribution is 0.245. The van der Waals surface area contributed by atoms with Gasteiger partial charge in [0.25, 0.3) is 0 Å². The lowest BCUT2D eigenvalue weighted by Gasteiger charge is -2.05. The average Bonchev–Trinajstić information content (AvgIpc) is 2.09. The molecule has 0 unspecified atom stereocenters. The highest BCUT2D eigenvalue weighted by Gasteiger charge is 2.06. The van der Waals surface area contributed by atoms with Gasteiger partial charge in [0.2, 0.25) is 0 Å². The lowest BCUT2D eigenvalue weighted by Crippen LogP contribution is -2.10.